The van der Waals surface area contributed by atoms with E-state index in [1.165, 1.54) is 5.56 Å². The molecule has 0 aliphatic heterocycles. The van der Waals surface area contributed by atoms with Crippen LogP contribution in [-0.2, 0) is 0 Å². The van der Waals surface area contributed by atoms with Crippen molar-refractivity contribution in [3.63, 3.8) is 0 Å². The van der Waals surface area contributed by atoms with Crippen LogP contribution >= 0.6 is 12.4 Å². The number of rotatable bonds is 3. The average molecular weight is 272 g/mol. The van der Waals surface area contributed by atoms with E-state index in [2.05, 4.69) is 26.0 Å². The molecule has 1 aromatic carbocycles. The lowest BCUT2D eigenvalue weighted by Gasteiger charge is -2.31. The highest BCUT2D eigenvalue weighted by Crippen LogP contribution is 2.29. The third-order valence-electron chi connectivity index (χ3n) is 3.22. The Labute approximate surface area is 117 Å². The zero-order chi connectivity index (χ0) is 13.2. The van der Waals surface area contributed by atoms with E-state index in [4.69, 9.17) is 5.73 Å². The van der Waals surface area contributed by atoms with Crippen molar-refractivity contribution in [2.24, 2.45) is 11.1 Å². The SMILES string of the molecule is CC(C)c1ccc([C@@H](N)[C@@H](O)C(C)(C)C)cc1.Cl. The van der Waals surface area contributed by atoms with Gasteiger partial charge in [0.25, 0.3) is 0 Å². The van der Waals surface area contributed by atoms with Gasteiger partial charge in [0.15, 0.2) is 0 Å². The summed E-state index contributed by atoms with van der Waals surface area (Å²) < 4.78 is 0. The molecule has 0 fully saturated rings. The first-order valence-electron chi connectivity index (χ1n) is 6.27. The van der Waals surface area contributed by atoms with Crippen molar-refractivity contribution < 1.29 is 5.11 Å². The molecular formula is C15H26ClNO. The van der Waals surface area contributed by atoms with E-state index in [-0.39, 0.29) is 23.9 Å². The number of nitrogens with two attached hydrogens (primary N) is 1. The predicted octanol–water partition coefficient (Wildman–Crippen LogP) is 3.64. The minimum Gasteiger partial charge on any atom is -0.391 e. The molecule has 0 saturated carbocycles. The van der Waals surface area contributed by atoms with Gasteiger partial charge in [0.1, 0.15) is 0 Å². The summed E-state index contributed by atoms with van der Waals surface area (Å²) in [5, 5.41) is 10.2. The molecule has 0 unspecified atom stereocenters. The van der Waals surface area contributed by atoms with Crippen molar-refractivity contribution in [2.45, 2.75) is 52.7 Å². The molecule has 0 aromatic heterocycles. The normalized spacial score (nSPS) is 15.1. The Bertz CT molecular complexity index is 354. The number of hydrogen-bond acceptors (Lipinski definition) is 2. The minimum atomic E-state index is -0.535. The van der Waals surface area contributed by atoms with Crippen LogP contribution in [0.25, 0.3) is 0 Å². The Hall–Kier alpha value is -0.570. The van der Waals surface area contributed by atoms with Crippen molar-refractivity contribution in [3.8, 4) is 0 Å². The fourth-order valence-corrected chi connectivity index (χ4v) is 1.82. The van der Waals surface area contributed by atoms with Crippen molar-refractivity contribution in [3.05, 3.63) is 35.4 Å². The zero-order valence-electron chi connectivity index (χ0n) is 12.0. The molecule has 0 spiro atoms. The van der Waals surface area contributed by atoms with E-state index in [9.17, 15) is 5.11 Å². The average Bonchev–Trinajstić information content (AvgIpc) is 2.26. The first-order valence-corrected chi connectivity index (χ1v) is 6.27. The molecule has 1 rings (SSSR count). The van der Waals surface area contributed by atoms with Crippen molar-refractivity contribution >= 4 is 12.4 Å². The Morgan fingerprint density at radius 2 is 1.39 bits per heavy atom. The van der Waals surface area contributed by atoms with Gasteiger partial charge in [-0.3, -0.25) is 0 Å². The van der Waals surface area contributed by atoms with Gasteiger partial charge in [-0.25, -0.2) is 0 Å². The van der Waals surface area contributed by atoms with E-state index in [0.717, 1.165) is 5.56 Å². The van der Waals surface area contributed by atoms with Crippen molar-refractivity contribution in [2.75, 3.05) is 0 Å². The summed E-state index contributed by atoms with van der Waals surface area (Å²) in [6, 6.07) is 7.91. The maximum atomic E-state index is 10.2. The van der Waals surface area contributed by atoms with Crippen LogP contribution in [0, 0.1) is 5.41 Å². The third kappa shape index (κ3) is 4.27. The molecule has 3 N–H and O–H groups in total. The molecule has 0 aliphatic carbocycles. The van der Waals surface area contributed by atoms with Gasteiger partial charge in [0.2, 0.25) is 0 Å². The van der Waals surface area contributed by atoms with Crippen LogP contribution in [0.5, 0.6) is 0 Å². The highest BCUT2D eigenvalue weighted by molar-refractivity contribution is 5.85. The monoisotopic (exact) mass is 271 g/mol. The quantitative estimate of drug-likeness (QED) is 0.882. The molecule has 3 heteroatoms. The van der Waals surface area contributed by atoms with Gasteiger partial charge in [-0.1, -0.05) is 58.9 Å². The lowest BCUT2D eigenvalue weighted by atomic mass is 9.82. The summed E-state index contributed by atoms with van der Waals surface area (Å²) in [5.41, 5.74) is 8.20. The van der Waals surface area contributed by atoms with E-state index in [1.54, 1.807) is 0 Å². The molecule has 2 nitrogen and oxygen atoms in total. The molecule has 0 radical (unpaired) electrons. The maximum absolute atomic E-state index is 10.2. The lowest BCUT2D eigenvalue weighted by Crippen LogP contribution is -2.36. The van der Waals surface area contributed by atoms with Gasteiger partial charge >= 0.3 is 0 Å². The van der Waals surface area contributed by atoms with E-state index in [1.807, 2.05) is 32.9 Å². The fourth-order valence-electron chi connectivity index (χ4n) is 1.82. The summed E-state index contributed by atoms with van der Waals surface area (Å²) in [5.74, 6) is 0.521. The topological polar surface area (TPSA) is 46.2 Å². The standard InChI is InChI=1S/C15H25NO.ClH/c1-10(2)11-6-8-12(9-7-11)13(16)14(17)15(3,4)5;/h6-10,13-14,17H,16H2,1-5H3;1H/t13-,14-;/m1./s1. The van der Waals surface area contributed by atoms with E-state index in [0.29, 0.717) is 5.92 Å². The van der Waals surface area contributed by atoms with Crippen molar-refractivity contribution in [1.82, 2.24) is 0 Å². The van der Waals surface area contributed by atoms with Crippen LogP contribution in [0.2, 0.25) is 0 Å². The van der Waals surface area contributed by atoms with Gasteiger partial charge in [0.05, 0.1) is 12.1 Å². The minimum absolute atomic E-state index is 0. The van der Waals surface area contributed by atoms with Crippen LogP contribution in [0.3, 0.4) is 0 Å². The Kier molecular flexibility index (Phi) is 6.35. The molecule has 0 amide bonds. The molecular weight excluding hydrogens is 246 g/mol. The first kappa shape index (κ1) is 17.4. The molecule has 18 heavy (non-hydrogen) atoms. The molecule has 0 saturated heterocycles. The Balaban J connectivity index is 0.00000289. The largest absolute Gasteiger partial charge is 0.391 e. The Morgan fingerprint density at radius 3 is 1.72 bits per heavy atom. The van der Waals surface area contributed by atoms with E-state index < -0.39 is 6.10 Å². The van der Waals surface area contributed by atoms with E-state index >= 15 is 0 Å². The summed E-state index contributed by atoms with van der Waals surface area (Å²) in [7, 11) is 0. The second-order valence-electron chi connectivity index (χ2n) is 6.16. The number of aliphatic hydroxyl groups is 1. The summed E-state index contributed by atoms with van der Waals surface area (Å²) in [6.07, 6.45) is -0.535. The molecule has 104 valence electrons. The second-order valence-corrected chi connectivity index (χ2v) is 6.16. The van der Waals surface area contributed by atoms with Gasteiger partial charge in [-0.15, -0.1) is 12.4 Å². The van der Waals surface area contributed by atoms with Gasteiger partial charge < -0.3 is 10.8 Å². The van der Waals surface area contributed by atoms with Crippen LogP contribution in [0.1, 0.15) is 57.7 Å². The van der Waals surface area contributed by atoms with Crippen LogP contribution in [-0.4, -0.2) is 11.2 Å². The predicted molar refractivity (Wildman–Crippen MR) is 80.2 cm³/mol. The van der Waals surface area contributed by atoms with Gasteiger partial charge in [0, 0.05) is 0 Å². The Morgan fingerprint density at radius 1 is 1.00 bits per heavy atom. The van der Waals surface area contributed by atoms with Crippen LogP contribution in [0.15, 0.2) is 24.3 Å². The highest BCUT2D eigenvalue weighted by Gasteiger charge is 2.28. The lowest BCUT2D eigenvalue weighted by molar-refractivity contribution is 0.0401. The number of aliphatic hydroxyl groups excluding tert-OH is 1. The smallest absolute Gasteiger partial charge is 0.0780 e. The maximum Gasteiger partial charge on any atom is 0.0780 e. The molecule has 0 heterocycles. The summed E-state index contributed by atoms with van der Waals surface area (Å²) in [6.45, 7) is 10.3. The fraction of sp³-hybridized carbons (Fsp3) is 0.600. The third-order valence-corrected chi connectivity index (χ3v) is 3.22. The molecule has 1 aromatic rings. The number of halogens is 1. The molecule has 2 atom stereocenters. The van der Waals surface area contributed by atoms with Gasteiger partial charge in [-0.05, 0) is 22.5 Å². The van der Waals surface area contributed by atoms with Crippen molar-refractivity contribution in [1.29, 1.82) is 0 Å². The second kappa shape index (κ2) is 6.55. The van der Waals surface area contributed by atoms with Gasteiger partial charge in [-0.2, -0.15) is 0 Å². The summed E-state index contributed by atoms with van der Waals surface area (Å²) >= 11 is 0. The first-order chi connectivity index (χ1) is 7.73. The van der Waals surface area contributed by atoms with Crippen LogP contribution < -0.4 is 5.73 Å². The van der Waals surface area contributed by atoms with Crippen LogP contribution in [0.4, 0.5) is 0 Å². The zero-order valence-corrected chi connectivity index (χ0v) is 12.8. The highest BCUT2D eigenvalue weighted by atomic mass is 35.5. The number of benzene rings is 1. The summed E-state index contributed by atoms with van der Waals surface area (Å²) in [4.78, 5) is 0. The molecule has 0 aliphatic rings. The molecule has 0 bridgehead atoms. The number of hydrogen-bond donors (Lipinski definition) is 2.